The van der Waals surface area contributed by atoms with Crippen molar-refractivity contribution in [3.05, 3.63) is 87.8 Å². The number of rotatable bonds is 8. The van der Waals surface area contributed by atoms with E-state index in [4.69, 9.17) is 9.47 Å². The molecule has 0 fully saturated rings. The largest absolute Gasteiger partial charge is 0.481 e. The minimum absolute atomic E-state index is 0.110. The lowest BCUT2D eigenvalue weighted by molar-refractivity contribution is -0.123. The van der Waals surface area contributed by atoms with Gasteiger partial charge in [0.1, 0.15) is 0 Å². The summed E-state index contributed by atoms with van der Waals surface area (Å²) in [5, 5.41) is 6.85. The van der Waals surface area contributed by atoms with Crippen LogP contribution in [0.2, 0.25) is 0 Å². The molecule has 0 saturated heterocycles. The highest BCUT2D eigenvalue weighted by atomic mass is 16.5. The number of nitrogens with zero attached hydrogens (tertiary/aromatic N) is 2. The molecule has 0 spiro atoms. The van der Waals surface area contributed by atoms with Gasteiger partial charge in [-0.1, -0.05) is 48.0 Å². The van der Waals surface area contributed by atoms with Crippen molar-refractivity contribution in [3.8, 4) is 11.4 Å². The van der Waals surface area contributed by atoms with Crippen LogP contribution in [0.25, 0.3) is 5.69 Å². The molecule has 1 aromatic heterocycles. The topological polar surface area (TPSA) is 99.5 Å². The summed E-state index contributed by atoms with van der Waals surface area (Å²) in [6, 6.07) is 17.6. The Bertz CT molecular complexity index is 1110. The van der Waals surface area contributed by atoms with Crippen LogP contribution in [0.15, 0.2) is 65.5 Å². The monoisotopic (exact) mass is 421 g/mol. The number of carbonyl (C=O) groups excluding carboxylic acids is 2. The zero-order valence-electron chi connectivity index (χ0n) is 17.3. The summed E-state index contributed by atoms with van der Waals surface area (Å²) < 4.78 is 11.6. The van der Waals surface area contributed by atoms with Crippen LogP contribution < -0.4 is 15.6 Å². The Labute approximate surface area is 179 Å². The fourth-order valence-electron chi connectivity index (χ4n) is 2.75. The number of ether oxygens (including phenoxy) is 2. The van der Waals surface area contributed by atoms with E-state index in [-0.39, 0.29) is 24.7 Å². The Morgan fingerprint density at radius 1 is 1.06 bits per heavy atom. The molecular formula is C23H23N3O5. The number of carbonyl (C=O) groups is 2. The fraction of sp³-hybridized carbons (Fsp3) is 0.217. The maximum Gasteiger partial charge on any atom is 0.362 e. The minimum atomic E-state index is -0.747. The Kier molecular flexibility index (Phi) is 7.16. The van der Waals surface area contributed by atoms with Crippen LogP contribution in [0.4, 0.5) is 0 Å². The van der Waals surface area contributed by atoms with Crippen molar-refractivity contribution in [2.45, 2.75) is 20.4 Å². The molecule has 1 heterocycles. The van der Waals surface area contributed by atoms with E-state index in [1.54, 1.807) is 19.1 Å². The van der Waals surface area contributed by atoms with Crippen LogP contribution >= 0.6 is 0 Å². The third-order valence-electron chi connectivity index (χ3n) is 4.34. The molecule has 31 heavy (non-hydrogen) atoms. The van der Waals surface area contributed by atoms with E-state index in [1.165, 1.54) is 0 Å². The number of esters is 1. The lowest BCUT2D eigenvalue weighted by atomic mass is 10.2. The Balaban J connectivity index is 1.79. The number of hydrogen-bond donors (Lipinski definition) is 1. The first kappa shape index (κ1) is 21.8. The van der Waals surface area contributed by atoms with Crippen LogP contribution in [0, 0.1) is 6.92 Å². The fourth-order valence-corrected chi connectivity index (χ4v) is 2.75. The third kappa shape index (κ3) is 5.79. The zero-order chi connectivity index (χ0) is 22.2. The van der Waals surface area contributed by atoms with Crippen LogP contribution in [0.5, 0.6) is 5.75 Å². The number of nitrogens with one attached hydrogen (secondary N) is 1. The molecule has 0 bridgehead atoms. The van der Waals surface area contributed by atoms with Gasteiger partial charge in [-0.15, -0.1) is 0 Å². The SMILES string of the molecule is CCOC(=O)c1nn(-c2ccc(C)cc2)c(=O)cc1OCC(=O)NCc1ccccc1. The van der Waals surface area contributed by atoms with Crippen LogP contribution in [-0.4, -0.2) is 34.9 Å². The number of hydrogen-bond acceptors (Lipinski definition) is 6. The second-order valence-electron chi connectivity index (χ2n) is 6.71. The number of benzene rings is 2. The summed E-state index contributed by atoms with van der Waals surface area (Å²) in [6.07, 6.45) is 0. The molecule has 3 rings (SSSR count). The van der Waals surface area contributed by atoms with Crippen molar-refractivity contribution >= 4 is 11.9 Å². The molecule has 0 saturated carbocycles. The maximum absolute atomic E-state index is 12.6. The average molecular weight is 421 g/mol. The van der Waals surface area contributed by atoms with Gasteiger partial charge in [-0.3, -0.25) is 9.59 Å². The molecule has 1 amide bonds. The van der Waals surface area contributed by atoms with Crippen LogP contribution in [0.3, 0.4) is 0 Å². The molecule has 1 N–H and O–H groups in total. The summed E-state index contributed by atoms with van der Waals surface area (Å²) in [7, 11) is 0. The summed E-state index contributed by atoms with van der Waals surface area (Å²) in [6.45, 7) is 3.66. The van der Waals surface area contributed by atoms with E-state index in [0.29, 0.717) is 12.2 Å². The molecule has 0 radical (unpaired) electrons. The highest BCUT2D eigenvalue weighted by Crippen LogP contribution is 2.16. The standard InChI is InChI=1S/C23H23N3O5/c1-3-30-23(29)22-19(31-15-20(27)24-14-17-7-5-4-6-8-17)13-21(28)26(25-22)18-11-9-16(2)10-12-18/h4-13H,3,14-15H2,1-2H3,(H,24,27). The predicted molar refractivity (Wildman–Crippen MR) is 114 cm³/mol. The van der Waals surface area contributed by atoms with Crippen LogP contribution in [0.1, 0.15) is 28.5 Å². The lowest BCUT2D eigenvalue weighted by Gasteiger charge is -2.13. The van der Waals surface area contributed by atoms with Gasteiger partial charge in [-0.2, -0.15) is 9.78 Å². The molecule has 3 aromatic rings. The first-order valence-electron chi connectivity index (χ1n) is 9.80. The molecule has 0 atom stereocenters. The van der Waals surface area contributed by atoms with Gasteiger partial charge in [-0.25, -0.2) is 4.79 Å². The van der Waals surface area contributed by atoms with Crippen molar-refractivity contribution < 1.29 is 19.1 Å². The quantitative estimate of drug-likeness (QED) is 0.561. The van der Waals surface area contributed by atoms with E-state index in [1.807, 2.05) is 49.4 Å². The summed E-state index contributed by atoms with van der Waals surface area (Å²) >= 11 is 0. The van der Waals surface area contributed by atoms with Crippen molar-refractivity contribution in [2.24, 2.45) is 0 Å². The summed E-state index contributed by atoms with van der Waals surface area (Å²) in [5.74, 6) is -1.26. The molecule has 8 nitrogen and oxygen atoms in total. The molecule has 0 aliphatic heterocycles. The zero-order valence-corrected chi connectivity index (χ0v) is 17.3. The van der Waals surface area contributed by atoms with Gasteiger partial charge in [-0.05, 0) is 31.5 Å². The van der Waals surface area contributed by atoms with E-state index in [0.717, 1.165) is 21.9 Å². The molecule has 0 aliphatic carbocycles. The van der Waals surface area contributed by atoms with Crippen molar-refractivity contribution in [3.63, 3.8) is 0 Å². The lowest BCUT2D eigenvalue weighted by Crippen LogP contribution is -2.30. The molecule has 2 aromatic carbocycles. The summed E-state index contributed by atoms with van der Waals surface area (Å²) in [4.78, 5) is 37.1. The van der Waals surface area contributed by atoms with Gasteiger partial charge in [0, 0.05) is 6.54 Å². The van der Waals surface area contributed by atoms with E-state index in [9.17, 15) is 14.4 Å². The smallest absolute Gasteiger partial charge is 0.362 e. The third-order valence-corrected chi connectivity index (χ3v) is 4.34. The molecular weight excluding hydrogens is 398 g/mol. The predicted octanol–water partition coefficient (Wildman–Crippen LogP) is 2.41. The Morgan fingerprint density at radius 3 is 2.45 bits per heavy atom. The van der Waals surface area contributed by atoms with E-state index in [2.05, 4.69) is 10.4 Å². The van der Waals surface area contributed by atoms with Crippen molar-refractivity contribution in [1.29, 1.82) is 0 Å². The van der Waals surface area contributed by atoms with Gasteiger partial charge < -0.3 is 14.8 Å². The number of aromatic nitrogens is 2. The molecule has 160 valence electrons. The van der Waals surface area contributed by atoms with Gasteiger partial charge in [0.15, 0.2) is 12.4 Å². The highest BCUT2D eigenvalue weighted by molar-refractivity contribution is 5.90. The van der Waals surface area contributed by atoms with Gasteiger partial charge >= 0.3 is 5.97 Å². The molecule has 0 unspecified atom stereocenters. The first-order valence-corrected chi connectivity index (χ1v) is 9.80. The molecule has 8 heteroatoms. The normalized spacial score (nSPS) is 10.4. The average Bonchev–Trinajstić information content (AvgIpc) is 2.78. The van der Waals surface area contributed by atoms with Crippen molar-refractivity contribution in [1.82, 2.24) is 15.1 Å². The van der Waals surface area contributed by atoms with Gasteiger partial charge in [0.05, 0.1) is 18.4 Å². The molecule has 0 aliphatic rings. The number of aryl methyl sites for hydroxylation is 1. The van der Waals surface area contributed by atoms with Gasteiger partial charge in [0.25, 0.3) is 11.5 Å². The maximum atomic E-state index is 12.6. The summed E-state index contributed by atoms with van der Waals surface area (Å²) in [5.41, 5.74) is 1.76. The first-order chi connectivity index (χ1) is 15.0. The minimum Gasteiger partial charge on any atom is -0.481 e. The number of amides is 1. The van der Waals surface area contributed by atoms with E-state index >= 15 is 0 Å². The Morgan fingerprint density at radius 2 is 1.77 bits per heavy atom. The van der Waals surface area contributed by atoms with Gasteiger partial charge in [0.2, 0.25) is 5.69 Å². The second kappa shape index (κ2) is 10.2. The van der Waals surface area contributed by atoms with E-state index < -0.39 is 17.4 Å². The highest BCUT2D eigenvalue weighted by Gasteiger charge is 2.20. The Hall–Kier alpha value is -3.94. The van der Waals surface area contributed by atoms with Crippen LogP contribution in [-0.2, 0) is 16.1 Å². The second-order valence-corrected chi connectivity index (χ2v) is 6.71. The van der Waals surface area contributed by atoms with Crippen molar-refractivity contribution in [2.75, 3.05) is 13.2 Å².